The van der Waals surface area contributed by atoms with Crippen LogP contribution in [0.3, 0.4) is 0 Å². The van der Waals surface area contributed by atoms with Gasteiger partial charge in [-0.05, 0) is 154 Å². The second-order valence-corrected chi connectivity index (χ2v) is 39.2. The summed E-state index contributed by atoms with van der Waals surface area (Å²) in [6.45, 7) is 14.4. The lowest BCUT2D eigenvalue weighted by atomic mass is 10.0. The standard InChI is InChI=1S/C105H194N4O22P2/c1-9-17-25-33-38-43-48-56-64-72-97(131-105(117)76-68-60-52-47-42-37-29-21-13-5)86-101(113)109-93(89-123-82-78-95(70-62-54-31-23-15-7)129-103(115)74-66-58-50-45-40-35-27-19-11-3)91-127-133(120,121)125-84-80-107-99(111)87-98(110)106-79-83-124-132(118,119)126-90-92(88-122-81-77-94(69-61-53-30-22-14-6)128-102(114)73-65-57-49-44-39-34-26-18-10-2)108-100(112)85-96(71-63-55-32-24-16-8)130-104(116)75-67-59-51-46-41-36-28-20-12-4/h44-47,49-52,92-97H,9-43,48,53-91H2,1-8H3,(H,106,110)(H,107,111)(H,108,112)(H,109,113)(H,118,119)(H,120,121)/b49-44-,50-45-,51-46+,52-47+/t92?,93?,94-,95-,96-,97-/m1/s1. The Morgan fingerprint density at radius 2 is 0.496 bits per heavy atom. The van der Waals surface area contributed by atoms with Gasteiger partial charge in [-0.15, -0.1) is 0 Å². The summed E-state index contributed by atoms with van der Waals surface area (Å²) in [4.78, 5) is 129. The predicted molar refractivity (Wildman–Crippen MR) is 537 cm³/mol. The molecular formula is C105H194N4O22P2. The predicted octanol–water partition coefficient (Wildman–Crippen LogP) is 25.9. The Morgan fingerprint density at radius 1 is 0.263 bits per heavy atom. The summed E-state index contributed by atoms with van der Waals surface area (Å²) in [5.74, 6) is -3.92. The first-order valence-corrected chi connectivity index (χ1v) is 56.5. The summed E-state index contributed by atoms with van der Waals surface area (Å²) in [5.41, 5.74) is 0. The molecule has 6 N–H and O–H groups in total. The molecule has 0 radical (unpaired) electrons. The molecular weight excluding hydrogens is 1730 g/mol. The van der Waals surface area contributed by atoms with Crippen molar-refractivity contribution in [2.24, 2.45) is 0 Å². The number of hydrogen-bond donors (Lipinski definition) is 6. The van der Waals surface area contributed by atoms with E-state index in [1.807, 2.05) is 0 Å². The van der Waals surface area contributed by atoms with E-state index in [9.17, 15) is 57.3 Å². The van der Waals surface area contributed by atoms with E-state index in [1.165, 1.54) is 103 Å². The first kappa shape index (κ1) is 128. The molecule has 0 heterocycles. The molecule has 0 aromatic heterocycles. The summed E-state index contributed by atoms with van der Waals surface area (Å²) in [7, 11) is -9.78. The summed E-state index contributed by atoms with van der Waals surface area (Å²) in [5, 5.41) is 10.7. The van der Waals surface area contributed by atoms with Crippen molar-refractivity contribution in [1.82, 2.24) is 21.3 Å². The third kappa shape index (κ3) is 89.3. The Balaban J connectivity index is 6.39. The Labute approximate surface area is 807 Å². The number of amides is 4. The van der Waals surface area contributed by atoms with Gasteiger partial charge in [-0.1, -0.05) is 309 Å². The normalized spacial score (nSPS) is 14.1. The van der Waals surface area contributed by atoms with Crippen molar-refractivity contribution >= 4 is 63.2 Å². The lowest BCUT2D eigenvalue weighted by molar-refractivity contribution is -0.152. The summed E-state index contributed by atoms with van der Waals surface area (Å²) >= 11 is 0. The van der Waals surface area contributed by atoms with Crippen LogP contribution in [-0.4, -0.2) is 160 Å². The highest BCUT2D eigenvalue weighted by Crippen LogP contribution is 2.44. The van der Waals surface area contributed by atoms with Crippen LogP contribution >= 0.6 is 15.6 Å². The monoisotopic (exact) mass is 1930 g/mol. The fourth-order valence-corrected chi connectivity index (χ4v) is 16.8. The Morgan fingerprint density at radius 3 is 0.767 bits per heavy atom. The molecule has 26 nitrogen and oxygen atoms in total. The molecule has 0 rings (SSSR count). The van der Waals surface area contributed by atoms with Gasteiger partial charge in [-0.3, -0.25) is 56.5 Å². The van der Waals surface area contributed by atoms with Gasteiger partial charge in [0.2, 0.25) is 23.6 Å². The van der Waals surface area contributed by atoms with Crippen LogP contribution in [0.5, 0.6) is 0 Å². The van der Waals surface area contributed by atoms with Gasteiger partial charge in [0.05, 0.1) is 77.8 Å². The van der Waals surface area contributed by atoms with E-state index in [0.29, 0.717) is 64.2 Å². The zero-order chi connectivity index (χ0) is 97.7. The molecule has 4 amide bonds. The molecule has 0 fully saturated rings. The number of nitrogens with one attached hydrogen (secondary N) is 4. The maximum atomic E-state index is 14.1. The number of unbranched alkanes of at least 4 members (excludes halogenated alkanes) is 40. The van der Waals surface area contributed by atoms with Crippen molar-refractivity contribution in [2.75, 3.05) is 65.9 Å². The van der Waals surface area contributed by atoms with Gasteiger partial charge in [0, 0.05) is 51.6 Å². The van der Waals surface area contributed by atoms with Gasteiger partial charge in [0.25, 0.3) is 0 Å². The maximum Gasteiger partial charge on any atom is 0.472 e. The number of phosphoric ester groups is 2. The molecule has 0 saturated carbocycles. The summed E-state index contributed by atoms with van der Waals surface area (Å²) in [6.07, 6.45) is 71.1. The van der Waals surface area contributed by atoms with Crippen LogP contribution in [-0.2, 0) is 94.0 Å². The highest BCUT2D eigenvalue weighted by atomic mass is 31.2. The number of phosphoric acid groups is 2. The van der Waals surface area contributed by atoms with Crippen LogP contribution in [0, 0.1) is 0 Å². The van der Waals surface area contributed by atoms with Gasteiger partial charge < -0.3 is 59.5 Å². The SMILES string of the molecule is CCCCCC/C=C\CCCC(=O)O[C@H](CCCCCCC)CCOCC(COP(=O)(O)OCCNC(=O)CC(=O)NCCOP(=O)(O)OCC(COCC[C@@H](CCCCCCC)OC(=O)CCC/C=C\CCCCCC)NC(=O)C[C@@H](CCCCCCCCCCC)OC(=O)CCC/C=C/CCCCCC)NC(=O)C[C@@H](CCCCCCC)OC(=O)CCC/C=C/CCCCCC. The van der Waals surface area contributed by atoms with Crippen molar-refractivity contribution in [3.63, 3.8) is 0 Å². The number of allylic oxidation sites excluding steroid dienone is 8. The lowest BCUT2D eigenvalue weighted by Gasteiger charge is -2.23. The zero-order valence-corrected chi connectivity index (χ0v) is 86.9. The number of hydrogen-bond acceptors (Lipinski definition) is 20. The summed E-state index contributed by atoms with van der Waals surface area (Å²) in [6, 6.07) is -2.02. The first-order chi connectivity index (χ1) is 64.6. The molecule has 0 bridgehead atoms. The van der Waals surface area contributed by atoms with E-state index < -0.39 is 115 Å². The highest BCUT2D eigenvalue weighted by molar-refractivity contribution is 7.47. The largest absolute Gasteiger partial charge is 0.472 e. The third-order valence-corrected chi connectivity index (χ3v) is 25.2. The minimum atomic E-state index is -4.89. The van der Waals surface area contributed by atoms with E-state index in [-0.39, 0.29) is 95.9 Å². The molecule has 8 atom stereocenters. The van der Waals surface area contributed by atoms with Gasteiger partial charge >= 0.3 is 39.5 Å². The Kier molecular flexibility index (Phi) is 90.8. The van der Waals surface area contributed by atoms with Gasteiger partial charge in [-0.25, -0.2) is 9.13 Å². The van der Waals surface area contributed by atoms with Crippen LogP contribution in [0.4, 0.5) is 0 Å². The third-order valence-electron chi connectivity index (χ3n) is 23.2. The van der Waals surface area contributed by atoms with Crippen molar-refractivity contribution in [1.29, 1.82) is 0 Å². The number of carbonyl (C=O) groups excluding carboxylic acids is 8. The van der Waals surface area contributed by atoms with Gasteiger partial charge in [0.1, 0.15) is 30.8 Å². The molecule has 0 aliphatic carbocycles. The molecule has 28 heteroatoms. The summed E-state index contributed by atoms with van der Waals surface area (Å²) < 4.78 is 84.8. The smallest absolute Gasteiger partial charge is 0.462 e. The molecule has 133 heavy (non-hydrogen) atoms. The molecule has 0 aromatic rings. The lowest BCUT2D eigenvalue weighted by Crippen LogP contribution is -2.43. The fraction of sp³-hybridized carbons (Fsp3) is 0.848. The van der Waals surface area contributed by atoms with Crippen LogP contribution in [0.25, 0.3) is 0 Å². The molecule has 0 aromatic carbocycles. The molecule has 0 saturated heterocycles. The van der Waals surface area contributed by atoms with Crippen LogP contribution in [0.15, 0.2) is 48.6 Å². The van der Waals surface area contributed by atoms with E-state index in [2.05, 4.69) is 125 Å². The second-order valence-electron chi connectivity index (χ2n) is 36.3. The molecule has 0 spiro atoms. The Bertz CT molecular complexity index is 3030. The maximum absolute atomic E-state index is 14.1. The van der Waals surface area contributed by atoms with Gasteiger partial charge in [0.15, 0.2) is 0 Å². The van der Waals surface area contributed by atoms with Crippen LogP contribution in [0.2, 0.25) is 0 Å². The van der Waals surface area contributed by atoms with E-state index >= 15 is 0 Å². The number of carbonyl (C=O) groups is 8. The van der Waals surface area contributed by atoms with Gasteiger partial charge in [-0.2, -0.15) is 0 Å². The van der Waals surface area contributed by atoms with Crippen molar-refractivity contribution in [3.8, 4) is 0 Å². The quantitative estimate of drug-likeness (QED) is 0.00822. The molecule has 4 unspecified atom stereocenters. The topological polar surface area (TPSA) is 352 Å². The van der Waals surface area contributed by atoms with E-state index in [0.717, 1.165) is 205 Å². The van der Waals surface area contributed by atoms with Crippen molar-refractivity contribution < 1.29 is 104 Å². The second kappa shape index (κ2) is 94.5. The number of ether oxygens (including phenoxy) is 6. The highest BCUT2D eigenvalue weighted by Gasteiger charge is 2.30. The Hall–Kier alpha value is -5.14. The van der Waals surface area contributed by atoms with Crippen molar-refractivity contribution in [3.05, 3.63) is 48.6 Å². The van der Waals surface area contributed by atoms with E-state index in [1.54, 1.807) is 0 Å². The van der Waals surface area contributed by atoms with Crippen molar-refractivity contribution in [2.45, 2.75) is 509 Å². The molecule has 776 valence electrons. The minimum absolute atomic E-state index is 0.122. The first-order valence-electron chi connectivity index (χ1n) is 53.5. The van der Waals surface area contributed by atoms with Crippen LogP contribution < -0.4 is 21.3 Å². The number of rotatable bonds is 100. The average molecular weight is 1930 g/mol. The molecule has 0 aliphatic rings. The van der Waals surface area contributed by atoms with Crippen LogP contribution in [0.1, 0.15) is 473 Å². The number of esters is 4. The minimum Gasteiger partial charge on any atom is -0.462 e. The zero-order valence-electron chi connectivity index (χ0n) is 85.1. The molecule has 0 aliphatic heterocycles. The fourth-order valence-electron chi connectivity index (χ4n) is 15.2. The average Bonchev–Trinajstić information content (AvgIpc) is 0.902. The van der Waals surface area contributed by atoms with E-state index in [4.69, 9.17) is 46.5 Å².